The van der Waals surface area contributed by atoms with Crippen LogP contribution in [-0.2, 0) is 12.8 Å². The van der Waals surface area contributed by atoms with Crippen LogP contribution in [0.4, 0.5) is 14.9 Å². The highest BCUT2D eigenvalue weighted by molar-refractivity contribution is 9.10. The van der Waals surface area contributed by atoms with Crippen LogP contribution in [0.25, 0.3) is 0 Å². The van der Waals surface area contributed by atoms with Gasteiger partial charge in [0.1, 0.15) is 5.82 Å². The zero-order valence-electron chi connectivity index (χ0n) is 12.0. The Morgan fingerprint density at radius 1 is 1.27 bits per heavy atom. The van der Waals surface area contributed by atoms with E-state index >= 15 is 0 Å². The standard InChI is InChI=1S/C17H16BrFN2O/c18-14-5-6-15(19)13(11-14)7-9-20-17(22)21-10-8-12-3-1-2-4-16(12)21/h1-6,11H,7-10H2,(H,20,22). The van der Waals surface area contributed by atoms with Crippen molar-refractivity contribution in [3.05, 3.63) is 63.9 Å². The summed E-state index contributed by atoms with van der Waals surface area (Å²) in [6.45, 7) is 1.10. The van der Waals surface area contributed by atoms with Crippen LogP contribution in [0.2, 0.25) is 0 Å². The SMILES string of the molecule is O=C(NCCc1cc(Br)ccc1F)N1CCc2ccccc21. The van der Waals surface area contributed by atoms with Gasteiger partial charge in [-0.1, -0.05) is 34.1 Å². The first kappa shape index (κ1) is 15.0. The van der Waals surface area contributed by atoms with Crippen molar-refractivity contribution in [2.24, 2.45) is 0 Å². The number of carbonyl (C=O) groups is 1. The fraction of sp³-hybridized carbons (Fsp3) is 0.235. The van der Waals surface area contributed by atoms with E-state index in [4.69, 9.17) is 0 Å². The molecule has 114 valence electrons. The van der Waals surface area contributed by atoms with Crippen LogP contribution in [-0.4, -0.2) is 19.1 Å². The minimum atomic E-state index is -0.246. The van der Waals surface area contributed by atoms with Crippen molar-refractivity contribution in [3.8, 4) is 0 Å². The maximum atomic E-state index is 13.6. The van der Waals surface area contributed by atoms with E-state index in [0.717, 1.165) is 16.6 Å². The molecular weight excluding hydrogens is 347 g/mol. The van der Waals surface area contributed by atoms with Gasteiger partial charge in [0, 0.05) is 23.2 Å². The Bertz CT molecular complexity index is 705. The van der Waals surface area contributed by atoms with E-state index in [0.29, 0.717) is 25.1 Å². The van der Waals surface area contributed by atoms with Crippen molar-refractivity contribution in [1.82, 2.24) is 5.32 Å². The Hall–Kier alpha value is -1.88. The molecule has 3 rings (SSSR count). The molecule has 0 fully saturated rings. The number of carbonyl (C=O) groups excluding carboxylic acids is 1. The van der Waals surface area contributed by atoms with Gasteiger partial charge in [-0.05, 0) is 48.2 Å². The third-order valence-corrected chi connectivity index (χ3v) is 4.30. The van der Waals surface area contributed by atoms with Crippen LogP contribution < -0.4 is 10.2 Å². The first-order valence-corrected chi connectivity index (χ1v) is 8.01. The Labute approximate surface area is 137 Å². The topological polar surface area (TPSA) is 32.3 Å². The number of urea groups is 1. The zero-order valence-corrected chi connectivity index (χ0v) is 13.6. The molecule has 1 aliphatic heterocycles. The van der Waals surface area contributed by atoms with Crippen LogP contribution in [0, 0.1) is 5.82 Å². The lowest BCUT2D eigenvalue weighted by Crippen LogP contribution is -2.39. The number of para-hydroxylation sites is 1. The number of nitrogens with one attached hydrogen (secondary N) is 1. The number of hydrogen-bond acceptors (Lipinski definition) is 1. The van der Waals surface area contributed by atoms with Gasteiger partial charge >= 0.3 is 6.03 Å². The lowest BCUT2D eigenvalue weighted by atomic mass is 10.1. The average molecular weight is 363 g/mol. The summed E-state index contributed by atoms with van der Waals surface area (Å²) in [4.78, 5) is 14.0. The number of hydrogen-bond donors (Lipinski definition) is 1. The van der Waals surface area contributed by atoms with E-state index in [1.165, 1.54) is 11.6 Å². The van der Waals surface area contributed by atoms with Crippen LogP contribution in [0.5, 0.6) is 0 Å². The summed E-state index contributed by atoms with van der Waals surface area (Å²) in [5, 5.41) is 2.87. The molecule has 22 heavy (non-hydrogen) atoms. The summed E-state index contributed by atoms with van der Waals surface area (Å²) in [7, 11) is 0. The number of benzene rings is 2. The summed E-state index contributed by atoms with van der Waals surface area (Å²) in [6.07, 6.45) is 1.34. The highest BCUT2D eigenvalue weighted by Gasteiger charge is 2.23. The van der Waals surface area contributed by atoms with Gasteiger partial charge in [-0.15, -0.1) is 0 Å². The van der Waals surface area contributed by atoms with E-state index in [-0.39, 0.29) is 11.8 Å². The predicted octanol–water partition coefficient (Wildman–Crippen LogP) is 3.90. The molecule has 0 unspecified atom stereocenters. The van der Waals surface area contributed by atoms with Gasteiger partial charge in [0.05, 0.1) is 0 Å². The summed E-state index contributed by atoms with van der Waals surface area (Å²) >= 11 is 3.33. The van der Waals surface area contributed by atoms with E-state index in [2.05, 4.69) is 21.2 Å². The Balaban J connectivity index is 1.58. The predicted molar refractivity (Wildman–Crippen MR) is 88.7 cm³/mol. The summed E-state index contributed by atoms with van der Waals surface area (Å²) in [5.41, 5.74) is 2.75. The maximum Gasteiger partial charge on any atom is 0.321 e. The van der Waals surface area contributed by atoms with Crippen molar-refractivity contribution >= 4 is 27.6 Å². The van der Waals surface area contributed by atoms with Crippen molar-refractivity contribution in [2.45, 2.75) is 12.8 Å². The molecule has 0 aromatic heterocycles. The van der Waals surface area contributed by atoms with Gasteiger partial charge < -0.3 is 5.32 Å². The number of nitrogens with zero attached hydrogens (tertiary/aromatic N) is 1. The largest absolute Gasteiger partial charge is 0.337 e. The molecule has 5 heteroatoms. The lowest BCUT2D eigenvalue weighted by Gasteiger charge is -2.18. The molecule has 0 saturated carbocycles. The summed E-state index contributed by atoms with van der Waals surface area (Å²) < 4.78 is 14.5. The zero-order chi connectivity index (χ0) is 15.5. The molecule has 1 heterocycles. The Kier molecular flexibility index (Phi) is 4.43. The number of rotatable bonds is 3. The normalized spacial score (nSPS) is 13.1. The van der Waals surface area contributed by atoms with Gasteiger partial charge in [0.25, 0.3) is 0 Å². The molecule has 0 radical (unpaired) electrons. The van der Waals surface area contributed by atoms with Gasteiger partial charge in [0.15, 0.2) is 0 Å². The average Bonchev–Trinajstić information content (AvgIpc) is 2.94. The van der Waals surface area contributed by atoms with Crippen LogP contribution in [0.3, 0.4) is 0 Å². The molecule has 0 saturated heterocycles. The van der Waals surface area contributed by atoms with Crippen LogP contribution in [0.1, 0.15) is 11.1 Å². The molecule has 0 spiro atoms. The Morgan fingerprint density at radius 2 is 2.09 bits per heavy atom. The van der Waals surface area contributed by atoms with E-state index in [1.807, 2.05) is 24.3 Å². The minimum Gasteiger partial charge on any atom is -0.337 e. The molecular formula is C17H16BrFN2O. The highest BCUT2D eigenvalue weighted by Crippen LogP contribution is 2.27. The molecule has 1 aliphatic rings. The van der Waals surface area contributed by atoms with E-state index < -0.39 is 0 Å². The van der Waals surface area contributed by atoms with Crippen molar-refractivity contribution < 1.29 is 9.18 Å². The van der Waals surface area contributed by atoms with Gasteiger partial charge in [-0.25, -0.2) is 9.18 Å². The maximum absolute atomic E-state index is 13.6. The number of halogens is 2. The molecule has 0 bridgehead atoms. The van der Waals surface area contributed by atoms with Gasteiger partial charge in [-0.2, -0.15) is 0 Å². The van der Waals surface area contributed by atoms with Crippen LogP contribution >= 0.6 is 15.9 Å². The third-order valence-electron chi connectivity index (χ3n) is 3.81. The first-order chi connectivity index (χ1) is 10.6. The second-order valence-corrected chi connectivity index (χ2v) is 6.16. The summed E-state index contributed by atoms with van der Waals surface area (Å²) in [5.74, 6) is -0.246. The van der Waals surface area contributed by atoms with Gasteiger partial charge in [-0.3, -0.25) is 4.90 Å². The second kappa shape index (κ2) is 6.48. The molecule has 0 aliphatic carbocycles. The first-order valence-electron chi connectivity index (χ1n) is 7.22. The van der Waals surface area contributed by atoms with Crippen molar-refractivity contribution in [1.29, 1.82) is 0 Å². The fourth-order valence-electron chi connectivity index (χ4n) is 2.68. The lowest BCUT2D eigenvalue weighted by molar-refractivity contribution is 0.247. The third kappa shape index (κ3) is 3.14. The molecule has 1 N–H and O–H groups in total. The monoisotopic (exact) mass is 362 g/mol. The second-order valence-electron chi connectivity index (χ2n) is 5.25. The molecule has 2 aromatic rings. The van der Waals surface area contributed by atoms with Crippen molar-refractivity contribution in [2.75, 3.05) is 18.0 Å². The quantitative estimate of drug-likeness (QED) is 0.881. The fourth-order valence-corrected chi connectivity index (χ4v) is 3.09. The molecule has 2 aromatic carbocycles. The number of amides is 2. The number of anilines is 1. The number of fused-ring (bicyclic) bond motifs is 1. The van der Waals surface area contributed by atoms with Gasteiger partial charge in [0.2, 0.25) is 0 Å². The Morgan fingerprint density at radius 3 is 2.95 bits per heavy atom. The summed E-state index contributed by atoms with van der Waals surface area (Å²) in [6, 6.07) is 12.6. The minimum absolute atomic E-state index is 0.125. The smallest absolute Gasteiger partial charge is 0.321 e. The van der Waals surface area contributed by atoms with Crippen molar-refractivity contribution in [3.63, 3.8) is 0 Å². The van der Waals surface area contributed by atoms with E-state index in [1.54, 1.807) is 17.0 Å². The highest BCUT2D eigenvalue weighted by atomic mass is 79.9. The molecule has 0 atom stereocenters. The molecule has 2 amide bonds. The molecule has 3 nitrogen and oxygen atoms in total. The van der Waals surface area contributed by atoms with Crippen LogP contribution in [0.15, 0.2) is 46.9 Å². The van der Waals surface area contributed by atoms with E-state index in [9.17, 15) is 9.18 Å².